The molecule has 0 saturated carbocycles. The summed E-state index contributed by atoms with van der Waals surface area (Å²) in [6.45, 7) is 6.52. The lowest BCUT2D eigenvalue weighted by Crippen LogP contribution is -2.21. The van der Waals surface area contributed by atoms with Crippen molar-refractivity contribution in [2.45, 2.75) is 32.7 Å². The van der Waals surface area contributed by atoms with Gasteiger partial charge in [-0.05, 0) is 23.5 Å². The minimum atomic E-state index is 0.668. The zero-order valence-corrected chi connectivity index (χ0v) is 11.1. The molecule has 0 amide bonds. The van der Waals surface area contributed by atoms with Crippen LogP contribution < -0.4 is 0 Å². The van der Waals surface area contributed by atoms with Crippen LogP contribution in [-0.2, 0) is 6.54 Å². The Morgan fingerprint density at radius 3 is 2.41 bits per heavy atom. The molecule has 0 spiro atoms. The van der Waals surface area contributed by atoms with Crippen LogP contribution in [0.15, 0.2) is 36.7 Å². The van der Waals surface area contributed by atoms with Crippen molar-refractivity contribution in [1.82, 2.24) is 9.80 Å². The lowest BCUT2D eigenvalue weighted by atomic mass is 9.97. The highest BCUT2D eigenvalue weighted by Gasteiger charge is 2.09. The van der Waals surface area contributed by atoms with Crippen LogP contribution in [0.1, 0.15) is 37.3 Å². The van der Waals surface area contributed by atoms with Crippen LogP contribution in [-0.4, -0.2) is 23.5 Å². The third-order valence-corrected chi connectivity index (χ3v) is 3.48. The fourth-order valence-electron chi connectivity index (χ4n) is 2.11. The van der Waals surface area contributed by atoms with E-state index < -0.39 is 0 Å². The van der Waals surface area contributed by atoms with Gasteiger partial charge in [0, 0.05) is 26.0 Å². The zero-order chi connectivity index (χ0) is 12.3. The van der Waals surface area contributed by atoms with Gasteiger partial charge in [-0.15, -0.1) is 0 Å². The van der Waals surface area contributed by atoms with Gasteiger partial charge in [0.25, 0.3) is 0 Å². The molecule has 2 nitrogen and oxygen atoms in total. The number of hydrogen-bond donors (Lipinski definition) is 0. The van der Waals surface area contributed by atoms with Gasteiger partial charge < -0.3 is 9.80 Å². The van der Waals surface area contributed by atoms with E-state index in [9.17, 15) is 0 Å². The third-order valence-electron chi connectivity index (χ3n) is 3.48. The van der Waals surface area contributed by atoms with Gasteiger partial charge in [-0.3, -0.25) is 0 Å². The van der Waals surface area contributed by atoms with Crippen LogP contribution in [0.4, 0.5) is 0 Å². The molecule has 1 aromatic rings. The van der Waals surface area contributed by atoms with Crippen LogP contribution in [0.2, 0.25) is 0 Å². The molecule has 0 aliphatic carbocycles. The Labute approximate surface area is 105 Å². The summed E-state index contributed by atoms with van der Waals surface area (Å²) in [6.07, 6.45) is 5.48. The zero-order valence-electron chi connectivity index (χ0n) is 11.1. The number of hydrogen-bond acceptors (Lipinski definition) is 2. The molecule has 0 fully saturated rings. The van der Waals surface area contributed by atoms with Gasteiger partial charge in [-0.2, -0.15) is 0 Å². The third kappa shape index (κ3) is 3.02. The van der Waals surface area contributed by atoms with Gasteiger partial charge in [0.2, 0.25) is 0 Å². The molecule has 1 aromatic carbocycles. The van der Waals surface area contributed by atoms with E-state index in [1.807, 2.05) is 0 Å². The molecule has 1 aliphatic rings. The Morgan fingerprint density at radius 2 is 1.88 bits per heavy atom. The molecule has 1 heterocycles. The summed E-state index contributed by atoms with van der Waals surface area (Å²) in [7, 11) is 2.10. The second kappa shape index (κ2) is 5.26. The van der Waals surface area contributed by atoms with Crippen LogP contribution in [0.3, 0.4) is 0 Å². The molecule has 1 atom stereocenters. The van der Waals surface area contributed by atoms with Gasteiger partial charge >= 0.3 is 0 Å². The first kappa shape index (κ1) is 12.0. The van der Waals surface area contributed by atoms with Crippen molar-refractivity contribution >= 4 is 0 Å². The van der Waals surface area contributed by atoms with Gasteiger partial charge in [0.1, 0.15) is 0 Å². The van der Waals surface area contributed by atoms with Gasteiger partial charge in [-0.25, -0.2) is 0 Å². The second-order valence-electron chi connectivity index (χ2n) is 4.99. The molecule has 92 valence electrons. The lowest BCUT2D eigenvalue weighted by molar-refractivity contribution is 0.291. The maximum absolute atomic E-state index is 2.32. The molecule has 2 heteroatoms. The van der Waals surface area contributed by atoms with Crippen LogP contribution in [0.25, 0.3) is 0 Å². The van der Waals surface area contributed by atoms with Gasteiger partial charge in [0.05, 0.1) is 6.67 Å². The van der Waals surface area contributed by atoms with Crippen molar-refractivity contribution in [2.75, 3.05) is 13.7 Å². The highest BCUT2D eigenvalue weighted by Crippen LogP contribution is 2.19. The lowest BCUT2D eigenvalue weighted by Gasteiger charge is -2.18. The summed E-state index contributed by atoms with van der Waals surface area (Å²) in [4.78, 5) is 4.51. The van der Waals surface area contributed by atoms with Crippen LogP contribution >= 0.6 is 0 Å². The molecule has 0 bridgehead atoms. The van der Waals surface area contributed by atoms with Crippen molar-refractivity contribution < 1.29 is 0 Å². The summed E-state index contributed by atoms with van der Waals surface area (Å²) in [5.41, 5.74) is 2.84. The first-order valence-electron chi connectivity index (χ1n) is 6.40. The smallest absolute Gasteiger partial charge is 0.0894 e. The van der Waals surface area contributed by atoms with E-state index in [1.54, 1.807) is 0 Å². The standard InChI is InChI=1S/C15H22N2/c1-4-13(2)15-7-5-14(6-8-15)11-17-10-9-16(3)12-17/h5-10,13H,4,11-12H2,1-3H3. The molecular formula is C15H22N2. The molecule has 17 heavy (non-hydrogen) atoms. The fraction of sp³-hybridized carbons (Fsp3) is 0.467. The molecule has 2 rings (SSSR count). The van der Waals surface area contributed by atoms with Crippen LogP contribution in [0.5, 0.6) is 0 Å². The Bertz CT molecular complexity index is 380. The van der Waals surface area contributed by atoms with Gasteiger partial charge in [0.15, 0.2) is 0 Å². The first-order chi connectivity index (χ1) is 8.19. The number of benzene rings is 1. The van der Waals surface area contributed by atoms with E-state index in [0.29, 0.717) is 5.92 Å². The molecular weight excluding hydrogens is 208 g/mol. The molecule has 0 N–H and O–H groups in total. The van der Waals surface area contributed by atoms with Crippen molar-refractivity contribution in [3.8, 4) is 0 Å². The van der Waals surface area contributed by atoms with E-state index in [1.165, 1.54) is 17.5 Å². The molecule has 0 aromatic heterocycles. The van der Waals surface area contributed by atoms with E-state index in [4.69, 9.17) is 0 Å². The van der Waals surface area contributed by atoms with Crippen molar-refractivity contribution in [1.29, 1.82) is 0 Å². The summed E-state index contributed by atoms with van der Waals surface area (Å²) in [6, 6.07) is 9.06. The van der Waals surface area contributed by atoms with Crippen LogP contribution in [0, 0.1) is 0 Å². The maximum Gasteiger partial charge on any atom is 0.0894 e. The average Bonchev–Trinajstić information content (AvgIpc) is 2.75. The Kier molecular flexibility index (Phi) is 3.72. The van der Waals surface area contributed by atoms with E-state index in [0.717, 1.165) is 13.2 Å². The summed E-state index contributed by atoms with van der Waals surface area (Å²) < 4.78 is 0. The topological polar surface area (TPSA) is 6.48 Å². The molecule has 0 saturated heterocycles. The Hall–Kier alpha value is -1.44. The Balaban J connectivity index is 1.96. The largest absolute Gasteiger partial charge is 0.362 e. The average molecular weight is 230 g/mol. The Morgan fingerprint density at radius 1 is 1.18 bits per heavy atom. The highest BCUT2D eigenvalue weighted by atomic mass is 15.3. The summed E-state index contributed by atoms with van der Waals surface area (Å²) in [5, 5.41) is 0. The maximum atomic E-state index is 2.32. The minimum Gasteiger partial charge on any atom is -0.362 e. The SMILES string of the molecule is CCC(C)c1ccc(CN2C=CN(C)C2)cc1. The summed E-state index contributed by atoms with van der Waals surface area (Å²) in [5.74, 6) is 0.668. The minimum absolute atomic E-state index is 0.668. The van der Waals surface area contributed by atoms with Crippen molar-refractivity contribution in [3.63, 3.8) is 0 Å². The predicted molar refractivity (Wildman–Crippen MR) is 72.5 cm³/mol. The van der Waals surface area contributed by atoms with Crippen molar-refractivity contribution in [3.05, 3.63) is 47.8 Å². The monoisotopic (exact) mass is 230 g/mol. The number of nitrogens with zero attached hydrogens (tertiary/aromatic N) is 2. The second-order valence-corrected chi connectivity index (χ2v) is 4.99. The molecule has 1 aliphatic heterocycles. The van der Waals surface area contributed by atoms with E-state index in [-0.39, 0.29) is 0 Å². The first-order valence-corrected chi connectivity index (χ1v) is 6.40. The van der Waals surface area contributed by atoms with E-state index >= 15 is 0 Å². The highest BCUT2D eigenvalue weighted by molar-refractivity contribution is 5.25. The molecule has 1 unspecified atom stereocenters. The van der Waals surface area contributed by atoms with Crippen molar-refractivity contribution in [2.24, 2.45) is 0 Å². The fourth-order valence-corrected chi connectivity index (χ4v) is 2.11. The quantitative estimate of drug-likeness (QED) is 0.782. The van der Waals surface area contributed by atoms with Gasteiger partial charge in [-0.1, -0.05) is 38.1 Å². The normalized spacial score (nSPS) is 16.6. The van der Waals surface area contributed by atoms with E-state index in [2.05, 4.69) is 67.4 Å². The molecule has 0 radical (unpaired) electrons. The predicted octanol–water partition coefficient (Wildman–Crippen LogP) is 3.38. The number of rotatable bonds is 4. The summed E-state index contributed by atoms with van der Waals surface area (Å²) >= 11 is 0.